The van der Waals surface area contributed by atoms with Crippen LogP contribution in [0.3, 0.4) is 0 Å². The summed E-state index contributed by atoms with van der Waals surface area (Å²) in [6.07, 6.45) is 3.21. The highest BCUT2D eigenvalue weighted by molar-refractivity contribution is 5.73. The normalized spacial score (nSPS) is 24.8. The first-order valence-electron chi connectivity index (χ1n) is 6.59. The number of rotatable bonds is 3. The standard InChI is InChI=1S/C15H20FNO/c1-10(17-11(2)18)12-6-7-14(8-12)13-4-3-5-15(16)9-13/h3-5,9-10,12,14H,6-8H2,1-2H3,(H,17,18)/t10-,12-,14+/m0/s1. The second-order valence-electron chi connectivity index (χ2n) is 5.31. The molecule has 2 rings (SSSR count). The van der Waals surface area contributed by atoms with Gasteiger partial charge in [0.25, 0.3) is 0 Å². The summed E-state index contributed by atoms with van der Waals surface area (Å²) >= 11 is 0. The van der Waals surface area contributed by atoms with Crippen LogP contribution in [0, 0.1) is 11.7 Å². The van der Waals surface area contributed by atoms with Crippen molar-refractivity contribution in [3.05, 3.63) is 35.6 Å². The molecule has 1 aromatic rings. The van der Waals surface area contributed by atoms with E-state index in [9.17, 15) is 9.18 Å². The average Bonchev–Trinajstić information content (AvgIpc) is 2.77. The molecule has 1 aliphatic carbocycles. The van der Waals surface area contributed by atoms with Gasteiger partial charge in [0.1, 0.15) is 5.82 Å². The first-order valence-corrected chi connectivity index (χ1v) is 6.59. The Bertz CT molecular complexity index is 432. The molecule has 3 atom stereocenters. The third kappa shape index (κ3) is 3.09. The van der Waals surface area contributed by atoms with Crippen LogP contribution in [0.5, 0.6) is 0 Å². The largest absolute Gasteiger partial charge is 0.354 e. The summed E-state index contributed by atoms with van der Waals surface area (Å²) in [7, 11) is 0. The minimum Gasteiger partial charge on any atom is -0.354 e. The predicted octanol–water partition coefficient (Wildman–Crippen LogP) is 3.23. The third-order valence-electron chi connectivity index (χ3n) is 3.93. The van der Waals surface area contributed by atoms with Gasteiger partial charge in [0.2, 0.25) is 5.91 Å². The number of amides is 1. The van der Waals surface area contributed by atoms with Crippen LogP contribution in [0.1, 0.15) is 44.6 Å². The maximum absolute atomic E-state index is 13.2. The third-order valence-corrected chi connectivity index (χ3v) is 3.93. The summed E-state index contributed by atoms with van der Waals surface area (Å²) in [5, 5.41) is 2.96. The Morgan fingerprint density at radius 1 is 1.44 bits per heavy atom. The van der Waals surface area contributed by atoms with Gasteiger partial charge in [-0.3, -0.25) is 4.79 Å². The van der Waals surface area contributed by atoms with E-state index in [1.807, 2.05) is 6.07 Å². The van der Waals surface area contributed by atoms with Gasteiger partial charge in [-0.2, -0.15) is 0 Å². The number of hydrogen-bond acceptors (Lipinski definition) is 1. The fourth-order valence-corrected chi connectivity index (χ4v) is 2.97. The topological polar surface area (TPSA) is 29.1 Å². The molecule has 98 valence electrons. The van der Waals surface area contributed by atoms with E-state index < -0.39 is 0 Å². The highest BCUT2D eigenvalue weighted by Crippen LogP contribution is 2.39. The number of carbonyl (C=O) groups excluding carboxylic acids is 1. The van der Waals surface area contributed by atoms with E-state index in [0.717, 1.165) is 24.8 Å². The molecule has 0 aliphatic heterocycles. The van der Waals surface area contributed by atoms with Crippen molar-refractivity contribution in [2.24, 2.45) is 5.92 Å². The lowest BCUT2D eigenvalue weighted by molar-refractivity contribution is -0.119. The van der Waals surface area contributed by atoms with Gasteiger partial charge in [0.15, 0.2) is 0 Å². The predicted molar refractivity (Wildman–Crippen MR) is 69.8 cm³/mol. The van der Waals surface area contributed by atoms with Gasteiger partial charge in [-0.1, -0.05) is 12.1 Å². The second kappa shape index (κ2) is 5.51. The van der Waals surface area contributed by atoms with E-state index in [1.54, 1.807) is 19.1 Å². The average molecular weight is 249 g/mol. The summed E-state index contributed by atoms with van der Waals surface area (Å²) in [4.78, 5) is 11.0. The molecule has 0 unspecified atom stereocenters. The first-order chi connectivity index (χ1) is 8.56. The first kappa shape index (κ1) is 13.1. The zero-order valence-electron chi connectivity index (χ0n) is 10.9. The molecule has 3 heteroatoms. The molecule has 2 nitrogen and oxygen atoms in total. The second-order valence-corrected chi connectivity index (χ2v) is 5.31. The zero-order valence-corrected chi connectivity index (χ0v) is 10.9. The van der Waals surface area contributed by atoms with Crippen molar-refractivity contribution in [3.63, 3.8) is 0 Å². The van der Waals surface area contributed by atoms with Crippen molar-refractivity contribution in [1.82, 2.24) is 5.32 Å². The molecular formula is C15H20FNO. The Morgan fingerprint density at radius 3 is 2.89 bits per heavy atom. The maximum Gasteiger partial charge on any atom is 0.217 e. The van der Waals surface area contributed by atoms with Crippen molar-refractivity contribution in [2.75, 3.05) is 0 Å². The highest BCUT2D eigenvalue weighted by atomic mass is 19.1. The fraction of sp³-hybridized carbons (Fsp3) is 0.533. The van der Waals surface area contributed by atoms with Crippen LogP contribution in [0.25, 0.3) is 0 Å². The molecule has 0 spiro atoms. The van der Waals surface area contributed by atoms with Crippen LogP contribution in [0.2, 0.25) is 0 Å². The molecule has 1 aromatic carbocycles. The van der Waals surface area contributed by atoms with E-state index in [-0.39, 0.29) is 17.8 Å². The Kier molecular flexibility index (Phi) is 4.00. The fourth-order valence-electron chi connectivity index (χ4n) is 2.97. The molecular weight excluding hydrogens is 229 g/mol. The van der Waals surface area contributed by atoms with Gasteiger partial charge in [0, 0.05) is 13.0 Å². The molecule has 0 aromatic heterocycles. The molecule has 1 aliphatic rings. The summed E-state index contributed by atoms with van der Waals surface area (Å²) in [6.45, 7) is 3.61. The maximum atomic E-state index is 13.2. The molecule has 1 N–H and O–H groups in total. The lowest BCUT2D eigenvalue weighted by Gasteiger charge is -2.20. The smallest absolute Gasteiger partial charge is 0.217 e. The number of benzene rings is 1. The quantitative estimate of drug-likeness (QED) is 0.875. The van der Waals surface area contributed by atoms with Crippen molar-refractivity contribution < 1.29 is 9.18 Å². The van der Waals surface area contributed by atoms with Gasteiger partial charge in [-0.25, -0.2) is 4.39 Å². The van der Waals surface area contributed by atoms with Crippen molar-refractivity contribution >= 4 is 5.91 Å². The Labute approximate surface area is 108 Å². The lowest BCUT2D eigenvalue weighted by Crippen LogP contribution is -2.35. The summed E-state index contributed by atoms with van der Waals surface area (Å²) < 4.78 is 13.2. The summed E-state index contributed by atoms with van der Waals surface area (Å²) in [5.74, 6) is 0.798. The minimum atomic E-state index is -0.161. The number of halogens is 1. The van der Waals surface area contributed by atoms with Crippen LogP contribution in [-0.4, -0.2) is 11.9 Å². The minimum absolute atomic E-state index is 0.0247. The number of nitrogens with one attached hydrogen (secondary N) is 1. The van der Waals surface area contributed by atoms with Gasteiger partial charge in [0.05, 0.1) is 0 Å². The van der Waals surface area contributed by atoms with Gasteiger partial charge in [-0.05, 0) is 55.7 Å². The van der Waals surface area contributed by atoms with Crippen molar-refractivity contribution in [2.45, 2.75) is 45.1 Å². The molecule has 18 heavy (non-hydrogen) atoms. The molecule has 0 bridgehead atoms. The molecule has 1 amide bonds. The zero-order chi connectivity index (χ0) is 13.1. The van der Waals surface area contributed by atoms with Crippen LogP contribution < -0.4 is 5.32 Å². The van der Waals surface area contributed by atoms with Crippen LogP contribution in [-0.2, 0) is 4.79 Å². The SMILES string of the molecule is CC(=O)N[C@@H](C)[C@H]1CC[C@@H](c2cccc(F)c2)C1. The van der Waals surface area contributed by atoms with Gasteiger partial charge in [-0.15, -0.1) is 0 Å². The van der Waals surface area contributed by atoms with Crippen LogP contribution in [0.4, 0.5) is 4.39 Å². The van der Waals surface area contributed by atoms with E-state index in [1.165, 1.54) is 6.07 Å². The van der Waals surface area contributed by atoms with Crippen LogP contribution >= 0.6 is 0 Å². The van der Waals surface area contributed by atoms with E-state index in [0.29, 0.717) is 11.8 Å². The van der Waals surface area contributed by atoms with Gasteiger partial charge < -0.3 is 5.32 Å². The van der Waals surface area contributed by atoms with Crippen molar-refractivity contribution in [3.8, 4) is 0 Å². The number of carbonyl (C=O) groups is 1. The van der Waals surface area contributed by atoms with Gasteiger partial charge >= 0.3 is 0 Å². The summed E-state index contributed by atoms with van der Waals surface area (Å²) in [6, 6.07) is 7.10. The Hall–Kier alpha value is -1.38. The molecule has 0 radical (unpaired) electrons. The monoisotopic (exact) mass is 249 g/mol. The molecule has 0 heterocycles. The molecule has 1 saturated carbocycles. The molecule has 0 saturated heterocycles. The Balaban J connectivity index is 1.98. The lowest BCUT2D eigenvalue weighted by atomic mass is 9.94. The van der Waals surface area contributed by atoms with E-state index in [2.05, 4.69) is 12.2 Å². The highest BCUT2D eigenvalue weighted by Gasteiger charge is 2.29. The Morgan fingerprint density at radius 2 is 2.22 bits per heavy atom. The van der Waals surface area contributed by atoms with Crippen LogP contribution in [0.15, 0.2) is 24.3 Å². The summed E-state index contributed by atoms with van der Waals surface area (Å²) in [5.41, 5.74) is 1.09. The van der Waals surface area contributed by atoms with E-state index >= 15 is 0 Å². The number of hydrogen-bond donors (Lipinski definition) is 1. The van der Waals surface area contributed by atoms with Crippen molar-refractivity contribution in [1.29, 1.82) is 0 Å². The molecule has 1 fully saturated rings. The van der Waals surface area contributed by atoms with E-state index in [4.69, 9.17) is 0 Å².